The van der Waals surface area contributed by atoms with Crippen LogP contribution in [0.25, 0.3) is 0 Å². The fourth-order valence-electron chi connectivity index (χ4n) is 1.56. The fourth-order valence-corrected chi connectivity index (χ4v) is 1.56. The topological polar surface area (TPSA) is 52.6 Å². The number of carbonyl (C=O) groups excluding carboxylic acids is 1. The van der Waals surface area contributed by atoms with E-state index in [9.17, 15) is 4.79 Å². The summed E-state index contributed by atoms with van der Waals surface area (Å²) in [6, 6.07) is 0.347. The van der Waals surface area contributed by atoms with Gasteiger partial charge in [0.05, 0.1) is 0 Å². The van der Waals surface area contributed by atoms with Crippen molar-refractivity contribution in [3.63, 3.8) is 0 Å². The maximum atomic E-state index is 11.3. The molecule has 0 rings (SSSR count). The van der Waals surface area contributed by atoms with E-state index < -0.39 is 0 Å². The summed E-state index contributed by atoms with van der Waals surface area (Å²) in [4.78, 5) is 12.9. The molecule has 0 aliphatic heterocycles. The second-order valence-corrected chi connectivity index (χ2v) is 4.71. The Balaban J connectivity index is 3.66. The van der Waals surface area contributed by atoms with Gasteiger partial charge in [-0.1, -0.05) is 13.8 Å². The summed E-state index contributed by atoms with van der Waals surface area (Å²) in [7, 11) is 3.55. The maximum absolute atomic E-state index is 11.3. The highest BCUT2D eigenvalue weighted by Gasteiger charge is 2.11. The number of aliphatic hydroxyl groups excluding tert-OH is 1. The van der Waals surface area contributed by atoms with Crippen molar-refractivity contribution in [2.24, 2.45) is 5.92 Å². The lowest BCUT2D eigenvalue weighted by atomic mass is 10.0. The van der Waals surface area contributed by atoms with Crippen LogP contribution in [0.3, 0.4) is 0 Å². The molecule has 0 saturated heterocycles. The molecular formula is C12H26N2O2. The van der Waals surface area contributed by atoms with E-state index in [4.69, 9.17) is 5.11 Å². The molecule has 0 bridgehead atoms. The van der Waals surface area contributed by atoms with Crippen LogP contribution in [0.15, 0.2) is 0 Å². The Morgan fingerprint density at radius 2 is 2.00 bits per heavy atom. The summed E-state index contributed by atoms with van der Waals surface area (Å²) in [6.45, 7) is 5.32. The lowest BCUT2D eigenvalue weighted by molar-refractivity contribution is -0.128. The summed E-state index contributed by atoms with van der Waals surface area (Å²) >= 11 is 0. The van der Waals surface area contributed by atoms with Crippen molar-refractivity contribution in [3.05, 3.63) is 0 Å². The smallest absolute Gasteiger partial charge is 0.222 e. The Hall–Kier alpha value is -0.610. The molecule has 4 heteroatoms. The third-order valence-electron chi connectivity index (χ3n) is 2.72. The first-order valence-corrected chi connectivity index (χ1v) is 6.03. The molecule has 16 heavy (non-hydrogen) atoms. The summed E-state index contributed by atoms with van der Waals surface area (Å²) in [5.74, 6) is 0.682. The van der Waals surface area contributed by atoms with Crippen molar-refractivity contribution < 1.29 is 9.90 Å². The first kappa shape index (κ1) is 15.4. The van der Waals surface area contributed by atoms with Gasteiger partial charge in [0.25, 0.3) is 0 Å². The van der Waals surface area contributed by atoms with Crippen LogP contribution in [0.2, 0.25) is 0 Å². The van der Waals surface area contributed by atoms with Gasteiger partial charge in [0.1, 0.15) is 0 Å². The van der Waals surface area contributed by atoms with Crippen molar-refractivity contribution in [2.75, 3.05) is 27.2 Å². The van der Waals surface area contributed by atoms with Gasteiger partial charge in [-0.25, -0.2) is 0 Å². The number of hydrogen-bond acceptors (Lipinski definition) is 3. The van der Waals surface area contributed by atoms with E-state index in [1.165, 1.54) is 0 Å². The van der Waals surface area contributed by atoms with Gasteiger partial charge in [-0.15, -0.1) is 0 Å². The van der Waals surface area contributed by atoms with Gasteiger partial charge in [-0.2, -0.15) is 0 Å². The number of hydrogen-bond donors (Lipinski definition) is 2. The number of carbonyl (C=O) groups is 1. The molecule has 1 unspecified atom stereocenters. The first-order chi connectivity index (χ1) is 7.49. The van der Waals surface area contributed by atoms with Gasteiger partial charge >= 0.3 is 0 Å². The zero-order chi connectivity index (χ0) is 12.6. The molecular weight excluding hydrogens is 204 g/mol. The molecule has 0 aromatic heterocycles. The number of aliphatic hydroxyl groups is 1. The van der Waals surface area contributed by atoms with Gasteiger partial charge in [0.15, 0.2) is 0 Å². The van der Waals surface area contributed by atoms with E-state index in [1.807, 2.05) is 0 Å². The van der Waals surface area contributed by atoms with Crippen LogP contribution in [-0.2, 0) is 4.79 Å². The van der Waals surface area contributed by atoms with Crippen LogP contribution in [0.4, 0.5) is 0 Å². The van der Waals surface area contributed by atoms with Crippen molar-refractivity contribution >= 4 is 5.91 Å². The van der Waals surface area contributed by atoms with Crippen molar-refractivity contribution in [1.29, 1.82) is 0 Å². The van der Waals surface area contributed by atoms with E-state index >= 15 is 0 Å². The molecule has 0 aliphatic rings. The highest BCUT2D eigenvalue weighted by atomic mass is 16.3. The van der Waals surface area contributed by atoms with E-state index in [2.05, 4.69) is 19.2 Å². The van der Waals surface area contributed by atoms with Crippen LogP contribution in [0.5, 0.6) is 0 Å². The Morgan fingerprint density at radius 1 is 1.38 bits per heavy atom. The molecule has 2 N–H and O–H groups in total. The lowest BCUT2D eigenvalue weighted by Gasteiger charge is -2.21. The van der Waals surface area contributed by atoms with Crippen LogP contribution < -0.4 is 5.32 Å². The average Bonchev–Trinajstić information content (AvgIpc) is 2.21. The van der Waals surface area contributed by atoms with Gasteiger partial charge in [-0.05, 0) is 25.3 Å². The number of rotatable bonds is 8. The molecule has 0 aliphatic carbocycles. The van der Waals surface area contributed by atoms with Crippen molar-refractivity contribution in [1.82, 2.24) is 10.2 Å². The second kappa shape index (κ2) is 8.53. The Bertz CT molecular complexity index is 193. The number of amides is 1. The quantitative estimate of drug-likeness (QED) is 0.608. The molecule has 96 valence electrons. The van der Waals surface area contributed by atoms with E-state index in [-0.39, 0.29) is 12.5 Å². The molecule has 0 radical (unpaired) electrons. The van der Waals surface area contributed by atoms with Crippen molar-refractivity contribution in [2.45, 2.75) is 39.2 Å². The zero-order valence-corrected chi connectivity index (χ0v) is 11.0. The van der Waals surface area contributed by atoms with Crippen molar-refractivity contribution in [3.8, 4) is 0 Å². The zero-order valence-electron chi connectivity index (χ0n) is 11.0. The molecule has 1 atom stereocenters. The van der Waals surface area contributed by atoms with E-state index in [1.54, 1.807) is 19.0 Å². The number of nitrogens with zero attached hydrogens (tertiary/aromatic N) is 1. The summed E-state index contributed by atoms with van der Waals surface area (Å²) in [5, 5.41) is 12.3. The van der Waals surface area contributed by atoms with Gasteiger partial charge in [0, 0.05) is 33.2 Å². The second-order valence-electron chi connectivity index (χ2n) is 4.71. The Labute approximate surface area is 99.0 Å². The SMILES string of the molecule is CC(C)C(CCO)NCCCC(=O)N(C)C. The van der Waals surface area contributed by atoms with Gasteiger partial charge in [-0.3, -0.25) is 4.79 Å². The summed E-state index contributed by atoms with van der Waals surface area (Å²) in [6.07, 6.45) is 2.22. The van der Waals surface area contributed by atoms with E-state index in [0.717, 1.165) is 19.4 Å². The van der Waals surface area contributed by atoms with Gasteiger partial charge < -0.3 is 15.3 Å². The highest BCUT2D eigenvalue weighted by Crippen LogP contribution is 2.05. The fraction of sp³-hybridized carbons (Fsp3) is 0.917. The van der Waals surface area contributed by atoms with Crippen LogP contribution in [0.1, 0.15) is 33.1 Å². The molecule has 0 heterocycles. The lowest BCUT2D eigenvalue weighted by Crippen LogP contribution is -2.35. The normalized spacial score (nSPS) is 12.9. The molecule has 1 amide bonds. The molecule has 0 saturated carbocycles. The summed E-state index contributed by atoms with van der Waals surface area (Å²) in [5.41, 5.74) is 0. The third kappa shape index (κ3) is 6.80. The minimum absolute atomic E-state index is 0.171. The van der Waals surface area contributed by atoms with Gasteiger partial charge in [0.2, 0.25) is 5.91 Å². The molecule has 0 aromatic carbocycles. The molecule has 0 spiro atoms. The predicted octanol–water partition coefficient (Wildman–Crippen LogP) is 0.851. The number of nitrogens with one attached hydrogen (secondary N) is 1. The first-order valence-electron chi connectivity index (χ1n) is 6.03. The minimum Gasteiger partial charge on any atom is -0.396 e. The van der Waals surface area contributed by atoms with Crippen LogP contribution in [-0.4, -0.2) is 49.2 Å². The molecule has 4 nitrogen and oxygen atoms in total. The Kier molecular flexibility index (Phi) is 8.21. The monoisotopic (exact) mass is 230 g/mol. The van der Waals surface area contributed by atoms with Crippen LogP contribution >= 0.6 is 0 Å². The predicted molar refractivity (Wildman–Crippen MR) is 66.3 cm³/mol. The minimum atomic E-state index is 0.171. The summed E-state index contributed by atoms with van der Waals surface area (Å²) < 4.78 is 0. The average molecular weight is 230 g/mol. The largest absolute Gasteiger partial charge is 0.396 e. The van der Waals surface area contributed by atoms with E-state index in [0.29, 0.717) is 18.4 Å². The Morgan fingerprint density at radius 3 is 2.44 bits per heavy atom. The molecule has 0 aromatic rings. The maximum Gasteiger partial charge on any atom is 0.222 e. The van der Waals surface area contributed by atoms with Crippen LogP contribution in [0, 0.1) is 5.92 Å². The molecule has 0 fully saturated rings. The highest BCUT2D eigenvalue weighted by molar-refractivity contribution is 5.75. The standard InChI is InChI=1S/C12H26N2O2/c1-10(2)11(7-9-15)13-8-5-6-12(16)14(3)4/h10-11,13,15H,5-9H2,1-4H3. The third-order valence-corrected chi connectivity index (χ3v) is 2.72.